The van der Waals surface area contributed by atoms with E-state index in [-0.39, 0.29) is 0 Å². The minimum Gasteiger partial charge on any atom is -0.122 e. The molecule has 1 aliphatic carbocycles. The Kier molecular flexibility index (Phi) is 1.75. The molecule has 1 rings (SSSR count). The zero-order valence-electron chi connectivity index (χ0n) is 4.23. The van der Waals surface area contributed by atoms with Gasteiger partial charge in [-0.15, -0.1) is 11.6 Å². The van der Waals surface area contributed by atoms with E-state index in [1.54, 1.807) is 0 Å². The smallest absolute Gasteiger partial charge is 0.0404 e. The minimum atomic E-state index is 0.677. The van der Waals surface area contributed by atoms with Crippen molar-refractivity contribution in [3.8, 4) is 0 Å². The molecule has 1 saturated carbocycles. The first kappa shape index (κ1) is 5.17. The van der Waals surface area contributed by atoms with Gasteiger partial charge < -0.3 is 0 Å². The Morgan fingerprint density at radius 2 is 2.29 bits per heavy atom. The van der Waals surface area contributed by atoms with E-state index < -0.39 is 0 Å². The Morgan fingerprint density at radius 1 is 1.57 bits per heavy atom. The molecule has 0 unspecified atom stereocenters. The van der Waals surface area contributed by atoms with Crippen molar-refractivity contribution in [3.05, 3.63) is 12.2 Å². The summed E-state index contributed by atoms with van der Waals surface area (Å²) in [6, 6.07) is 0. The summed E-state index contributed by atoms with van der Waals surface area (Å²) in [5.41, 5.74) is 0. The van der Waals surface area contributed by atoms with Crippen LogP contribution in [0.5, 0.6) is 0 Å². The molecule has 0 amide bonds. The molecule has 1 fully saturated rings. The van der Waals surface area contributed by atoms with Crippen LogP contribution in [0.2, 0.25) is 0 Å². The van der Waals surface area contributed by atoms with Gasteiger partial charge in [0.1, 0.15) is 0 Å². The van der Waals surface area contributed by atoms with Crippen LogP contribution in [0.15, 0.2) is 12.2 Å². The van der Waals surface area contributed by atoms with E-state index in [0.717, 1.165) is 5.92 Å². The highest BCUT2D eigenvalue weighted by Gasteiger charge is 2.16. The highest BCUT2D eigenvalue weighted by Crippen LogP contribution is 2.29. The summed E-state index contributed by atoms with van der Waals surface area (Å²) in [7, 11) is 0. The largest absolute Gasteiger partial charge is 0.122 e. The van der Waals surface area contributed by atoms with E-state index in [4.69, 9.17) is 11.6 Å². The fourth-order valence-electron chi connectivity index (χ4n) is 0.533. The third kappa shape index (κ3) is 1.98. The third-order valence-corrected chi connectivity index (χ3v) is 1.30. The van der Waals surface area contributed by atoms with Crippen molar-refractivity contribution in [1.29, 1.82) is 0 Å². The predicted molar refractivity (Wildman–Crippen MR) is 32.6 cm³/mol. The van der Waals surface area contributed by atoms with Crippen LogP contribution >= 0.6 is 11.6 Å². The molecule has 1 heteroatoms. The molecule has 0 saturated heterocycles. The van der Waals surface area contributed by atoms with E-state index in [1.165, 1.54) is 12.8 Å². The van der Waals surface area contributed by atoms with Crippen LogP contribution in [-0.2, 0) is 0 Å². The molecule has 40 valence electrons. The SMILES string of the molecule is ClC/C=C/C1CC1. The number of hydrogen-bond donors (Lipinski definition) is 0. The standard InChI is InChI=1S/C6H9Cl/c7-5-1-2-6-3-4-6/h1-2,6H,3-5H2/b2-1+. The van der Waals surface area contributed by atoms with E-state index >= 15 is 0 Å². The molecule has 0 aromatic rings. The van der Waals surface area contributed by atoms with Gasteiger partial charge in [0.25, 0.3) is 0 Å². The molecule has 0 nitrogen and oxygen atoms in total. The van der Waals surface area contributed by atoms with Gasteiger partial charge in [0.15, 0.2) is 0 Å². The Bertz CT molecular complexity index is 72.2. The van der Waals surface area contributed by atoms with Crippen molar-refractivity contribution in [2.75, 3.05) is 5.88 Å². The maximum absolute atomic E-state index is 5.39. The summed E-state index contributed by atoms with van der Waals surface area (Å²) in [5, 5.41) is 0. The average molecular weight is 117 g/mol. The maximum atomic E-state index is 5.39. The van der Waals surface area contributed by atoms with Gasteiger partial charge in [-0.3, -0.25) is 0 Å². The molecule has 0 aliphatic heterocycles. The predicted octanol–water partition coefficient (Wildman–Crippen LogP) is 2.19. The van der Waals surface area contributed by atoms with E-state index in [0.29, 0.717) is 5.88 Å². The highest BCUT2D eigenvalue weighted by molar-refractivity contribution is 6.18. The van der Waals surface area contributed by atoms with Crippen molar-refractivity contribution in [1.82, 2.24) is 0 Å². The molecule has 7 heavy (non-hydrogen) atoms. The number of halogens is 1. The maximum Gasteiger partial charge on any atom is 0.0404 e. The van der Waals surface area contributed by atoms with Crippen LogP contribution in [0, 0.1) is 5.92 Å². The van der Waals surface area contributed by atoms with Gasteiger partial charge in [-0.05, 0) is 18.8 Å². The highest BCUT2D eigenvalue weighted by atomic mass is 35.5. The van der Waals surface area contributed by atoms with Crippen LogP contribution in [-0.4, -0.2) is 5.88 Å². The number of alkyl halides is 1. The fourth-order valence-corrected chi connectivity index (χ4v) is 0.635. The van der Waals surface area contributed by atoms with Crippen LogP contribution in [0.4, 0.5) is 0 Å². The molecule has 0 bridgehead atoms. The van der Waals surface area contributed by atoms with Gasteiger partial charge in [-0.1, -0.05) is 12.2 Å². The lowest BCUT2D eigenvalue weighted by molar-refractivity contribution is 1.12. The van der Waals surface area contributed by atoms with Crippen molar-refractivity contribution < 1.29 is 0 Å². The first-order valence-corrected chi connectivity index (χ1v) is 3.19. The lowest BCUT2D eigenvalue weighted by Crippen LogP contribution is -1.62. The molecule has 0 aromatic heterocycles. The van der Waals surface area contributed by atoms with Gasteiger partial charge in [-0.2, -0.15) is 0 Å². The monoisotopic (exact) mass is 116 g/mol. The normalized spacial score (nSPS) is 21.3. The zero-order chi connectivity index (χ0) is 5.11. The lowest BCUT2D eigenvalue weighted by atomic mass is 10.4. The summed E-state index contributed by atoms with van der Waals surface area (Å²) < 4.78 is 0. The molecule has 0 heterocycles. The van der Waals surface area contributed by atoms with E-state index in [2.05, 4.69) is 6.08 Å². The van der Waals surface area contributed by atoms with Crippen LogP contribution in [0.1, 0.15) is 12.8 Å². The Balaban J connectivity index is 2.05. The Labute approximate surface area is 49.2 Å². The fraction of sp³-hybridized carbons (Fsp3) is 0.667. The molecule has 0 atom stereocenters. The van der Waals surface area contributed by atoms with Crippen molar-refractivity contribution in [3.63, 3.8) is 0 Å². The average Bonchev–Trinajstić information content (AvgIpc) is 2.42. The summed E-state index contributed by atoms with van der Waals surface area (Å²) in [6.45, 7) is 0. The van der Waals surface area contributed by atoms with Gasteiger partial charge in [0, 0.05) is 5.88 Å². The van der Waals surface area contributed by atoms with Crippen LogP contribution in [0.3, 0.4) is 0 Å². The number of hydrogen-bond acceptors (Lipinski definition) is 0. The molecule has 0 spiro atoms. The first-order chi connectivity index (χ1) is 3.43. The Hall–Kier alpha value is 0.0300. The van der Waals surface area contributed by atoms with E-state index in [1.807, 2.05) is 6.08 Å². The molecule has 1 aliphatic rings. The Morgan fingerprint density at radius 3 is 2.71 bits per heavy atom. The number of rotatable bonds is 2. The number of allylic oxidation sites excluding steroid dienone is 2. The van der Waals surface area contributed by atoms with E-state index in [9.17, 15) is 0 Å². The van der Waals surface area contributed by atoms with Crippen molar-refractivity contribution in [2.24, 2.45) is 5.92 Å². The van der Waals surface area contributed by atoms with Gasteiger partial charge in [-0.25, -0.2) is 0 Å². The van der Waals surface area contributed by atoms with Gasteiger partial charge in [0.05, 0.1) is 0 Å². The minimum absolute atomic E-state index is 0.677. The summed E-state index contributed by atoms with van der Waals surface area (Å²) in [6.07, 6.45) is 6.99. The second-order valence-electron chi connectivity index (χ2n) is 1.92. The van der Waals surface area contributed by atoms with Crippen molar-refractivity contribution in [2.45, 2.75) is 12.8 Å². The second kappa shape index (κ2) is 2.37. The first-order valence-electron chi connectivity index (χ1n) is 2.66. The molecule has 0 aromatic carbocycles. The summed E-state index contributed by atoms with van der Waals surface area (Å²) in [4.78, 5) is 0. The van der Waals surface area contributed by atoms with Crippen LogP contribution in [0.25, 0.3) is 0 Å². The van der Waals surface area contributed by atoms with Gasteiger partial charge >= 0.3 is 0 Å². The lowest BCUT2D eigenvalue weighted by Gasteiger charge is -1.74. The topological polar surface area (TPSA) is 0 Å². The second-order valence-corrected chi connectivity index (χ2v) is 2.23. The summed E-state index contributed by atoms with van der Waals surface area (Å²) in [5.74, 6) is 1.56. The molecular weight excluding hydrogens is 108 g/mol. The van der Waals surface area contributed by atoms with Crippen molar-refractivity contribution >= 4 is 11.6 Å². The van der Waals surface area contributed by atoms with Crippen LogP contribution < -0.4 is 0 Å². The van der Waals surface area contributed by atoms with Gasteiger partial charge in [0.2, 0.25) is 0 Å². The zero-order valence-corrected chi connectivity index (χ0v) is 4.99. The molecule has 0 radical (unpaired) electrons. The quantitative estimate of drug-likeness (QED) is 0.383. The molecular formula is C6H9Cl. The summed E-state index contributed by atoms with van der Waals surface area (Å²) >= 11 is 5.39. The third-order valence-electron chi connectivity index (χ3n) is 1.12. The molecule has 0 N–H and O–H groups in total.